The number of nitrogens with zero attached hydrogens (tertiary/aromatic N) is 3. The number of carbonyl (C=O) groups excluding carboxylic acids is 2. The fourth-order valence-electron chi connectivity index (χ4n) is 4.86. The van der Waals surface area contributed by atoms with Crippen molar-refractivity contribution in [1.29, 1.82) is 0 Å². The van der Waals surface area contributed by atoms with Crippen molar-refractivity contribution in [3.05, 3.63) is 30.1 Å². The highest BCUT2D eigenvalue weighted by Gasteiger charge is 2.44. The Kier molecular flexibility index (Phi) is 7.12. The molecule has 1 aliphatic carbocycles. The fraction of sp³-hybridized carbons (Fsp3) is 0.680. The van der Waals surface area contributed by atoms with E-state index in [1.165, 1.54) is 36.3 Å². The summed E-state index contributed by atoms with van der Waals surface area (Å²) in [7, 11) is 0. The van der Waals surface area contributed by atoms with Gasteiger partial charge in [-0.25, -0.2) is 9.18 Å². The molecule has 2 atom stereocenters. The molecular weight excluding hydrogens is 425 g/mol. The van der Waals surface area contributed by atoms with E-state index in [9.17, 15) is 14.0 Å². The second-order valence-corrected chi connectivity index (χ2v) is 10.4. The number of halogens is 1. The van der Waals surface area contributed by atoms with Gasteiger partial charge in [-0.3, -0.25) is 14.6 Å². The molecule has 1 aromatic rings. The second kappa shape index (κ2) is 9.87. The third-order valence-corrected chi connectivity index (χ3v) is 6.71. The molecule has 0 radical (unpaired) electrons. The average molecular weight is 462 g/mol. The van der Waals surface area contributed by atoms with Crippen LogP contribution in [0.4, 0.5) is 9.18 Å². The molecule has 0 N–H and O–H groups in total. The monoisotopic (exact) mass is 461 g/mol. The predicted octanol–water partition coefficient (Wildman–Crippen LogP) is 3.67. The number of carbonyl (C=O) groups is 2. The van der Waals surface area contributed by atoms with Crippen molar-refractivity contribution in [1.82, 2.24) is 14.7 Å². The number of amides is 2. The number of hydrogen-bond acceptors (Lipinski definition) is 5. The van der Waals surface area contributed by atoms with Crippen LogP contribution in [-0.2, 0) is 9.53 Å². The van der Waals surface area contributed by atoms with Crippen molar-refractivity contribution in [2.24, 2.45) is 0 Å². The molecule has 182 valence electrons. The van der Waals surface area contributed by atoms with Crippen molar-refractivity contribution < 1.29 is 23.5 Å². The Morgan fingerprint density at radius 3 is 2.52 bits per heavy atom. The molecule has 7 nitrogen and oxygen atoms in total. The zero-order valence-corrected chi connectivity index (χ0v) is 20.0. The Balaban J connectivity index is 1.46. The standard InChI is InChI=1S/C25H36FN3O4/c1-25(2,3)33-24(31)29-17-21(32-20-10-4-7-18(26)15-20)16-22(29)23(30)28-12-6-11-27(13-14-28)19-8-5-9-19/h4,7,10,15,19,21-22H,5-6,8-9,11-14,16-17H2,1-3H3/t21-,22+/m1/s1. The topological polar surface area (TPSA) is 62.3 Å². The van der Waals surface area contributed by atoms with Gasteiger partial charge < -0.3 is 14.4 Å². The highest BCUT2D eigenvalue weighted by molar-refractivity contribution is 5.86. The van der Waals surface area contributed by atoms with Gasteiger partial charge in [-0.1, -0.05) is 12.5 Å². The van der Waals surface area contributed by atoms with E-state index in [1.807, 2.05) is 25.7 Å². The van der Waals surface area contributed by atoms with Gasteiger partial charge in [0.2, 0.25) is 5.91 Å². The van der Waals surface area contributed by atoms with Gasteiger partial charge in [0.25, 0.3) is 0 Å². The van der Waals surface area contributed by atoms with E-state index in [0.29, 0.717) is 31.3 Å². The maximum Gasteiger partial charge on any atom is 0.411 e. The summed E-state index contributed by atoms with van der Waals surface area (Å²) in [6, 6.07) is 5.95. The van der Waals surface area contributed by atoms with Crippen LogP contribution in [0.3, 0.4) is 0 Å². The zero-order valence-electron chi connectivity index (χ0n) is 20.0. The highest BCUT2D eigenvalue weighted by Crippen LogP contribution is 2.29. The minimum Gasteiger partial charge on any atom is -0.488 e. The van der Waals surface area contributed by atoms with Crippen molar-refractivity contribution >= 4 is 12.0 Å². The molecule has 1 aromatic carbocycles. The Hall–Kier alpha value is -2.35. The van der Waals surface area contributed by atoms with Gasteiger partial charge in [0, 0.05) is 44.7 Å². The van der Waals surface area contributed by atoms with Gasteiger partial charge in [0.05, 0.1) is 6.54 Å². The highest BCUT2D eigenvalue weighted by atomic mass is 19.1. The molecule has 2 heterocycles. The van der Waals surface area contributed by atoms with Crippen molar-refractivity contribution in [3.63, 3.8) is 0 Å². The van der Waals surface area contributed by atoms with Crippen molar-refractivity contribution in [2.45, 2.75) is 76.7 Å². The quantitative estimate of drug-likeness (QED) is 0.685. The minimum absolute atomic E-state index is 0.0540. The third kappa shape index (κ3) is 5.96. The SMILES string of the molecule is CC(C)(C)OC(=O)N1C[C@H](Oc2cccc(F)c2)C[C@H]1C(=O)N1CCCN(C2CCC2)CC1. The maximum atomic E-state index is 13.6. The number of benzene rings is 1. The molecule has 0 spiro atoms. The molecule has 1 saturated carbocycles. The molecule has 2 aliphatic heterocycles. The molecule has 3 fully saturated rings. The first kappa shape index (κ1) is 23.8. The van der Waals surface area contributed by atoms with Crippen LogP contribution in [0.15, 0.2) is 24.3 Å². The Bertz CT molecular complexity index is 854. The first-order valence-electron chi connectivity index (χ1n) is 12.1. The molecular formula is C25H36FN3O4. The number of ether oxygens (including phenoxy) is 2. The summed E-state index contributed by atoms with van der Waals surface area (Å²) >= 11 is 0. The second-order valence-electron chi connectivity index (χ2n) is 10.4. The summed E-state index contributed by atoms with van der Waals surface area (Å²) in [5.74, 6) is -0.0486. The summed E-state index contributed by atoms with van der Waals surface area (Å²) < 4.78 is 25.2. The first-order chi connectivity index (χ1) is 15.7. The Labute approximate surface area is 195 Å². The zero-order chi connectivity index (χ0) is 23.6. The van der Waals surface area contributed by atoms with Crippen molar-refractivity contribution in [3.8, 4) is 5.75 Å². The largest absolute Gasteiger partial charge is 0.488 e. The van der Waals surface area contributed by atoms with Crippen LogP contribution in [0.5, 0.6) is 5.75 Å². The minimum atomic E-state index is -0.669. The van der Waals surface area contributed by atoms with E-state index >= 15 is 0 Å². The summed E-state index contributed by atoms with van der Waals surface area (Å²) in [5.41, 5.74) is -0.669. The molecule has 0 aromatic heterocycles. The smallest absolute Gasteiger partial charge is 0.411 e. The molecule has 4 rings (SSSR count). The van der Waals surface area contributed by atoms with Crippen LogP contribution in [0.25, 0.3) is 0 Å². The molecule has 2 amide bonds. The van der Waals surface area contributed by atoms with Gasteiger partial charge in [0.1, 0.15) is 29.3 Å². The molecule has 8 heteroatoms. The number of rotatable bonds is 4. The Morgan fingerprint density at radius 2 is 1.85 bits per heavy atom. The van der Waals surface area contributed by atoms with Crippen LogP contribution >= 0.6 is 0 Å². The van der Waals surface area contributed by atoms with Crippen LogP contribution in [0.1, 0.15) is 52.9 Å². The summed E-state index contributed by atoms with van der Waals surface area (Å²) in [6.07, 6.45) is 4.17. The third-order valence-electron chi connectivity index (χ3n) is 6.71. The van der Waals surface area contributed by atoms with Gasteiger partial charge in [-0.2, -0.15) is 0 Å². The first-order valence-corrected chi connectivity index (χ1v) is 12.1. The van der Waals surface area contributed by atoms with Crippen LogP contribution < -0.4 is 4.74 Å². The van der Waals surface area contributed by atoms with E-state index < -0.39 is 23.8 Å². The van der Waals surface area contributed by atoms with Gasteiger partial charge in [0.15, 0.2) is 0 Å². The lowest BCUT2D eigenvalue weighted by atomic mass is 9.91. The number of likely N-dealkylation sites (tertiary alicyclic amines) is 1. The fourth-order valence-corrected chi connectivity index (χ4v) is 4.86. The van der Waals surface area contributed by atoms with Crippen molar-refractivity contribution in [2.75, 3.05) is 32.7 Å². The van der Waals surface area contributed by atoms with Gasteiger partial charge in [-0.05, 0) is 52.2 Å². The molecule has 0 unspecified atom stereocenters. The molecule has 3 aliphatic rings. The van der Waals surface area contributed by atoms with E-state index in [2.05, 4.69) is 4.90 Å². The van der Waals surface area contributed by atoms with Gasteiger partial charge >= 0.3 is 6.09 Å². The van der Waals surface area contributed by atoms with E-state index in [4.69, 9.17) is 9.47 Å². The average Bonchev–Trinajstić information content (AvgIpc) is 2.96. The van der Waals surface area contributed by atoms with Gasteiger partial charge in [-0.15, -0.1) is 0 Å². The lowest BCUT2D eigenvalue weighted by molar-refractivity contribution is -0.135. The molecule has 2 saturated heterocycles. The van der Waals surface area contributed by atoms with E-state index in [1.54, 1.807) is 12.1 Å². The Morgan fingerprint density at radius 1 is 1.06 bits per heavy atom. The maximum absolute atomic E-state index is 13.6. The van der Waals surface area contributed by atoms with E-state index in [-0.39, 0.29) is 18.3 Å². The summed E-state index contributed by atoms with van der Waals surface area (Å²) in [6.45, 7) is 8.90. The lowest BCUT2D eigenvalue weighted by Crippen LogP contribution is -2.50. The summed E-state index contributed by atoms with van der Waals surface area (Å²) in [4.78, 5) is 32.5. The summed E-state index contributed by atoms with van der Waals surface area (Å²) in [5, 5.41) is 0. The molecule has 0 bridgehead atoms. The van der Waals surface area contributed by atoms with E-state index in [0.717, 1.165) is 19.5 Å². The van der Waals surface area contributed by atoms with Crippen LogP contribution in [0.2, 0.25) is 0 Å². The normalized spacial score (nSPS) is 24.8. The number of hydrogen-bond donors (Lipinski definition) is 0. The lowest BCUT2D eigenvalue weighted by Gasteiger charge is -2.37. The van der Waals surface area contributed by atoms with Crippen LogP contribution in [0, 0.1) is 5.82 Å². The molecule has 33 heavy (non-hydrogen) atoms. The van der Waals surface area contributed by atoms with Crippen LogP contribution in [-0.4, -0.2) is 83.2 Å². The predicted molar refractivity (Wildman–Crippen MR) is 123 cm³/mol.